The van der Waals surface area contributed by atoms with E-state index in [1.165, 1.54) is 17.0 Å². The first-order valence-electron chi connectivity index (χ1n) is 9.64. The van der Waals surface area contributed by atoms with Gasteiger partial charge in [-0.25, -0.2) is 9.37 Å². The molecule has 1 fully saturated rings. The van der Waals surface area contributed by atoms with E-state index in [0.29, 0.717) is 17.5 Å². The van der Waals surface area contributed by atoms with Crippen LogP contribution >= 0.6 is 11.6 Å². The highest BCUT2D eigenvalue weighted by molar-refractivity contribution is 6.30. The van der Waals surface area contributed by atoms with E-state index in [4.69, 9.17) is 21.7 Å². The van der Waals surface area contributed by atoms with Gasteiger partial charge >= 0.3 is 0 Å². The Labute approximate surface area is 175 Å². The molecule has 29 heavy (non-hydrogen) atoms. The number of anilines is 2. The van der Waals surface area contributed by atoms with Crippen LogP contribution in [0.3, 0.4) is 0 Å². The monoisotopic (exact) mass is 420 g/mol. The molecule has 1 aromatic heterocycles. The summed E-state index contributed by atoms with van der Waals surface area (Å²) in [6, 6.07) is 6.07. The Bertz CT molecular complexity index is 880. The molecule has 0 saturated carbocycles. The molecule has 2 heterocycles. The molecule has 1 aromatic carbocycles. The summed E-state index contributed by atoms with van der Waals surface area (Å²) in [6.07, 6.45) is 2.18. The van der Waals surface area contributed by atoms with Crippen molar-refractivity contribution in [3.63, 3.8) is 0 Å². The van der Waals surface area contributed by atoms with Gasteiger partial charge in [0.2, 0.25) is 17.8 Å². The van der Waals surface area contributed by atoms with E-state index < -0.39 is 5.82 Å². The zero-order valence-electron chi connectivity index (χ0n) is 16.9. The summed E-state index contributed by atoms with van der Waals surface area (Å²) in [5, 5.41) is 11.1. The molecule has 1 aliphatic rings. The summed E-state index contributed by atoms with van der Waals surface area (Å²) in [7, 11) is 1.67. The van der Waals surface area contributed by atoms with Crippen LogP contribution in [-0.4, -0.2) is 53.6 Å². The van der Waals surface area contributed by atoms with Gasteiger partial charge in [0.1, 0.15) is 11.9 Å². The maximum Gasteiger partial charge on any atom is 0.235 e. The van der Waals surface area contributed by atoms with E-state index in [-0.39, 0.29) is 17.1 Å². The fourth-order valence-corrected chi connectivity index (χ4v) is 3.31. The van der Waals surface area contributed by atoms with Crippen molar-refractivity contribution in [3.8, 4) is 5.88 Å². The standard InChI is InChI=1S/C20H26ClFN6O/c1-4-28-9-5-6-15(12-28)29-18-10-13(2)24-20(26-18)27(3)19(23)25-14-7-8-16(21)17(22)11-14/h7-8,10-11,15H,4-6,9,12H2,1-3H3,(H2,23,25). The molecule has 2 N–H and O–H groups in total. The van der Waals surface area contributed by atoms with Crippen LogP contribution in [0.2, 0.25) is 5.02 Å². The molecule has 2 aromatic rings. The number of likely N-dealkylation sites (N-methyl/N-ethyl adjacent to an activating group) is 1. The molecule has 1 saturated heterocycles. The van der Waals surface area contributed by atoms with Gasteiger partial charge in [-0.2, -0.15) is 4.98 Å². The molecule has 1 unspecified atom stereocenters. The molecule has 9 heteroatoms. The smallest absolute Gasteiger partial charge is 0.235 e. The lowest BCUT2D eigenvalue weighted by Crippen LogP contribution is -2.41. The molecule has 1 atom stereocenters. The number of halogens is 2. The highest BCUT2D eigenvalue weighted by Crippen LogP contribution is 2.21. The molecule has 0 radical (unpaired) electrons. The second kappa shape index (κ2) is 9.37. The van der Waals surface area contributed by atoms with Crippen molar-refractivity contribution in [3.05, 3.63) is 40.8 Å². The molecular formula is C20H26ClFN6O. The molecule has 7 nitrogen and oxygen atoms in total. The van der Waals surface area contributed by atoms with Crippen LogP contribution < -0.4 is 15.0 Å². The fraction of sp³-hybridized carbons (Fsp3) is 0.450. The summed E-state index contributed by atoms with van der Waals surface area (Å²) in [5.41, 5.74) is 1.15. The second-order valence-corrected chi connectivity index (χ2v) is 7.49. The van der Waals surface area contributed by atoms with Crippen molar-refractivity contribution >= 4 is 29.2 Å². The van der Waals surface area contributed by atoms with Crippen LogP contribution in [0.25, 0.3) is 0 Å². The first kappa shape index (κ1) is 21.3. The summed E-state index contributed by atoms with van der Waals surface area (Å²) in [6.45, 7) is 6.99. The number of aryl methyl sites for hydroxylation is 1. The number of rotatable bonds is 5. The highest BCUT2D eigenvalue weighted by Gasteiger charge is 2.21. The predicted molar refractivity (Wildman–Crippen MR) is 114 cm³/mol. The Morgan fingerprint density at radius 3 is 2.93 bits per heavy atom. The number of piperidine rings is 1. The number of nitrogens with one attached hydrogen (secondary N) is 2. The summed E-state index contributed by atoms with van der Waals surface area (Å²) in [5.74, 6) is 0.268. The van der Waals surface area contributed by atoms with E-state index in [9.17, 15) is 4.39 Å². The quantitative estimate of drug-likeness (QED) is 0.563. The topological polar surface area (TPSA) is 77.4 Å². The van der Waals surface area contributed by atoms with Crippen molar-refractivity contribution in [1.82, 2.24) is 14.9 Å². The molecule has 0 spiro atoms. The number of hydrogen-bond donors (Lipinski definition) is 2. The van der Waals surface area contributed by atoms with Gasteiger partial charge in [0.05, 0.1) is 5.02 Å². The fourth-order valence-electron chi connectivity index (χ4n) is 3.20. The number of guanidine groups is 1. The third-order valence-corrected chi connectivity index (χ3v) is 5.14. The highest BCUT2D eigenvalue weighted by atomic mass is 35.5. The number of benzene rings is 1. The van der Waals surface area contributed by atoms with Gasteiger partial charge in [-0.15, -0.1) is 0 Å². The van der Waals surface area contributed by atoms with Crippen LogP contribution in [-0.2, 0) is 0 Å². The second-order valence-electron chi connectivity index (χ2n) is 7.08. The minimum Gasteiger partial charge on any atom is -0.473 e. The van der Waals surface area contributed by atoms with Crippen molar-refractivity contribution in [2.45, 2.75) is 32.8 Å². The Morgan fingerprint density at radius 2 is 2.21 bits per heavy atom. The Kier molecular flexibility index (Phi) is 6.87. The lowest BCUT2D eigenvalue weighted by Gasteiger charge is -2.31. The molecule has 156 valence electrons. The van der Waals surface area contributed by atoms with E-state index in [0.717, 1.165) is 38.2 Å². The Hall–Kier alpha value is -2.45. The molecule has 1 aliphatic heterocycles. The molecule has 0 bridgehead atoms. The SMILES string of the molecule is CCN1CCCC(Oc2cc(C)nc(N(C)C(=N)Nc3ccc(Cl)c(F)c3)n2)C1. The number of hydrogen-bond acceptors (Lipinski definition) is 5. The molecular weight excluding hydrogens is 395 g/mol. The summed E-state index contributed by atoms with van der Waals surface area (Å²) in [4.78, 5) is 12.7. The van der Waals surface area contributed by atoms with Gasteiger partial charge in [-0.1, -0.05) is 18.5 Å². The molecule has 0 aliphatic carbocycles. The van der Waals surface area contributed by atoms with Crippen molar-refractivity contribution in [2.24, 2.45) is 0 Å². The number of likely N-dealkylation sites (tertiary alicyclic amines) is 1. The summed E-state index contributed by atoms with van der Waals surface area (Å²) >= 11 is 5.70. The summed E-state index contributed by atoms with van der Waals surface area (Å²) < 4.78 is 19.7. The van der Waals surface area contributed by atoms with Crippen LogP contribution in [0.15, 0.2) is 24.3 Å². The van der Waals surface area contributed by atoms with Crippen molar-refractivity contribution in [2.75, 3.05) is 36.9 Å². The van der Waals surface area contributed by atoms with Gasteiger partial charge in [0.15, 0.2) is 0 Å². The van der Waals surface area contributed by atoms with Crippen molar-refractivity contribution in [1.29, 1.82) is 5.41 Å². The van der Waals surface area contributed by atoms with E-state index in [2.05, 4.69) is 27.1 Å². The van der Waals surface area contributed by atoms with Gasteiger partial charge < -0.3 is 10.1 Å². The minimum atomic E-state index is -0.553. The largest absolute Gasteiger partial charge is 0.473 e. The average molecular weight is 421 g/mol. The maximum absolute atomic E-state index is 13.6. The van der Waals surface area contributed by atoms with Gasteiger partial charge in [-0.3, -0.25) is 15.2 Å². The van der Waals surface area contributed by atoms with Crippen LogP contribution in [0.4, 0.5) is 16.0 Å². The maximum atomic E-state index is 13.6. The Morgan fingerprint density at radius 1 is 1.41 bits per heavy atom. The van der Waals surface area contributed by atoms with Crippen molar-refractivity contribution < 1.29 is 9.13 Å². The van der Waals surface area contributed by atoms with Crippen LogP contribution in [0, 0.1) is 18.2 Å². The number of nitrogens with zero attached hydrogens (tertiary/aromatic N) is 4. The predicted octanol–water partition coefficient (Wildman–Crippen LogP) is 3.92. The lowest BCUT2D eigenvalue weighted by atomic mass is 10.1. The lowest BCUT2D eigenvalue weighted by molar-refractivity contribution is 0.0882. The van der Waals surface area contributed by atoms with E-state index >= 15 is 0 Å². The molecule has 0 amide bonds. The minimum absolute atomic E-state index is 0.00176. The van der Waals surface area contributed by atoms with E-state index in [1.807, 2.05) is 6.92 Å². The van der Waals surface area contributed by atoms with Crippen LogP contribution in [0.1, 0.15) is 25.5 Å². The zero-order chi connectivity index (χ0) is 21.0. The van der Waals surface area contributed by atoms with E-state index in [1.54, 1.807) is 19.2 Å². The Balaban J connectivity index is 1.70. The number of aromatic nitrogens is 2. The number of ether oxygens (including phenoxy) is 1. The molecule has 3 rings (SSSR count). The first-order valence-corrected chi connectivity index (χ1v) is 10.0. The average Bonchev–Trinajstić information content (AvgIpc) is 2.69. The third-order valence-electron chi connectivity index (χ3n) is 4.83. The van der Waals surface area contributed by atoms with Gasteiger partial charge in [0, 0.05) is 31.0 Å². The van der Waals surface area contributed by atoms with Gasteiger partial charge in [-0.05, 0) is 51.1 Å². The first-order chi connectivity index (χ1) is 13.9. The normalized spacial score (nSPS) is 17.1. The van der Waals surface area contributed by atoms with Crippen LogP contribution in [0.5, 0.6) is 5.88 Å². The van der Waals surface area contributed by atoms with Gasteiger partial charge in [0.25, 0.3) is 0 Å². The third kappa shape index (κ3) is 5.55. The zero-order valence-corrected chi connectivity index (χ0v) is 17.6.